The van der Waals surface area contributed by atoms with Crippen LogP contribution in [-0.4, -0.2) is 90.1 Å². The molecule has 3 N–H and O–H groups in total. The van der Waals surface area contributed by atoms with Crippen molar-refractivity contribution in [1.29, 1.82) is 0 Å². The van der Waals surface area contributed by atoms with Crippen LogP contribution in [0, 0.1) is 5.41 Å². The van der Waals surface area contributed by atoms with Gasteiger partial charge in [0.1, 0.15) is 18.8 Å². The highest BCUT2D eigenvalue weighted by Gasteiger charge is 2.42. The Morgan fingerprint density at radius 1 is 1.04 bits per heavy atom. The maximum Gasteiger partial charge on any atom is 0.333 e. The van der Waals surface area contributed by atoms with Gasteiger partial charge in [-0.05, 0) is 81.3 Å². The van der Waals surface area contributed by atoms with E-state index in [0.29, 0.717) is 36.3 Å². The summed E-state index contributed by atoms with van der Waals surface area (Å²) in [6.07, 6.45) is -0.387. The second-order valence-electron chi connectivity index (χ2n) is 12.4. The van der Waals surface area contributed by atoms with Crippen LogP contribution < -0.4 is 14.8 Å². The summed E-state index contributed by atoms with van der Waals surface area (Å²) in [5, 5.41) is 21.1. The lowest BCUT2D eigenvalue weighted by atomic mass is 9.87. The van der Waals surface area contributed by atoms with Crippen LogP contribution in [0.4, 0.5) is 5.69 Å². The van der Waals surface area contributed by atoms with E-state index in [2.05, 4.69) is 11.9 Å². The SMILES string of the molecule is C=CC(=O)OCC(C)(C)C(=O)C(=O)N1CCCC[C@H]1C(=O)OC(CCc1ccc(OC)c(OC)c1)c1cccc(NC(=O)CC(O)C(=O)O)c1. The largest absolute Gasteiger partial charge is 0.493 e. The van der Waals surface area contributed by atoms with Crippen molar-refractivity contribution in [3.63, 3.8) is 0 Å². The topological polar surface area (TPSA) is 195 Å². The van der Waals surface area contributed by atoms with Crippen LogP contribution >= 0.6 is 0 Å². The Morgan fingerprint density at radius 3 is 2.42 bits per heavy atom. The molecule has 0 aliphatic carbocycles. The number of aliphatic hydroxyl groups is 1. The Hall–Kier alpha value is -5.24. The van der Waals surface area contributed by atoms with Gasteiger partial charge in [0, 0.05) is 18.3 Å². The van der Waals surface area contributed by atoms with Crippen molar-refractivity contribution in [1.82, 2.24) is 4.90 Å². The van der Waals surface area contributed by atoms with Crippen LogP contribution in [0.15, 0.2) is 55.1 Å². The van der Waals surface area contributed by atoms with Crippen molar-refractivity contribution in [2.24, 2.45) is 5.41 Å². The van der Waals surface area contributed by atoms with Gasteiger partial charge in [-0.2, -0.15) is 0 Å². The number of aliphatic carboxylic acids is 1. The fourth-order valence-corrected chi connectivity index (χ4v) is 5.35. The van der Waals surface area contributed by atoms with E-state index in [1.54, 1.807) is 36.4 Å². The first-order valence-electron chi connectivity index (χ1n) is 16.1. The zero-order valence-corrected chi connectivity index (χ0v) is 28.6. The van der Waals surface area contributed by atoms with Crippen molar-refractivity contribution in [3.8, 4) is 11.5 Å². The molecule has 0 spiro atoms. The highest BCUT2D eigenvalue weighted by molar-refractivity contribution is 6.38. The Balaban J connectivity index is 1.87. The van der Waals surface area contributed by atoms with Crippen LogP contribution in [0.25, 0.3) is 0 Å². The van der Waals surface area contributed by atoms with Crippen LogP contribution in [-0.2, 0) is 44.7 Å². The summed E-state index contributed by atoms with van der Waals surface area (Å²) in [6, 6.07) is 10.8. The van der Waals surface area contributed by atoms with Crippen molar-refractivity contribution in [2.75, 3.05) is 32.7 Å². The quantitative estimate of drug-likeness (QED) is 0.124. The first-order valence-corrected chi connectivity index (χ1v) is 16.1. The number of Topliss-reactive ketones (excluding diaryl/α,β-unsaturated/α-hetero) is 1. The number of rotatable bonds is 17. The van der Waals surface area contributed by atoms with E-state index >= 15 is 0 Å². The lowest BCUT2D eigenvalue weighted by Gasteiger charge is -2.36. The number of carbonyl (C=O) groups excluding carboxylic acids is 5. The lowest BCUT2D eigenvalue weighted by Crippen LogP contribution is -2.53. The number of piperidine rings is 1. The molecule has 3 rings (SSSR count). The Morgan fingerprint density at radius 2 is 1.76 bits per heavy atom. The molecule has 50 heavy (non-hydrogen) atoms. The normalized spacial score (nSPS) is 15.5. The van der Waals surface area contributed by atoms with Gasteiger partial charge in [0.2, 0.25) is 11.7 Å². The van der Waals surface area contributed by atoms with E-state index in [1.165, 1.54) is 33.0 Å². The molecule has 1 fully saturated rings. The summed E-state index contributed by atoms with van der Waals surface area (Å²) >= 11 is 0. The monoisotopic (exact) mass is 696 g/mol. The lowest BCUT2D eigenvalue weighted by molar-refractivity contribution is -0.165. The van der Waals surface area contributed by atoms with Gasteiger partial charge in [-0.3, -0.25) is 14.4 Å². The van der Waals surface area contributed by atoms with E-state index in [1.807, 2.05) is 6.07 Å². The molecule has 1 aliphatic rings. The van der Waals surface area contributed by atoms with Crippen LogP contribution in [0.2, 0.25) is 0 Å². The van der Waals surface area contributed by atoms with E-state index < -0.39 is 65.6 Å². The van der Waals surface area contributed by atoms with E-state index in [-0.39, 0.29) is 31.7 Å². The van der Waals surface area contributed by atoms with Gasteiger partial charge in [0.25, 0.3) is 5.91 Å². The molecule has 0 bridgehead atoms. The van der Waals surface area contributed by atoms with E-state index in [9.17, 15) is 33.9 Å². The smallest absolute Gasteiger partial charge is 0.333 e. The molecular formula is C36H44N2O12. The summed E-state index contributed by atoms with van der Waals surface area (Å²) in [6.45, 7) is 6.06. The van der Waals surface area contributed by atoms with Crippen LogP contribution in [0.3, 0.4) is 0 Å². The van der Waals surface area contributed by atoms with Gasteiger partial charge in [0.15, 0.2) is 17.6 Å². The minimum Gasteiger partial charge on any atom is -0.493 e. The number of carboxylic acids is 1. The molecule has 1 saturated heterocycles. The number of hydrogen-bond acceptors (Lipinski definition) is 11. The summed E-state index contributed by atoms with van der Waals surface area (Å²) in [5.41, 5.74) is 0.243. The second kappa shape index (κ2) is 18.0. The molecule has 14 nitrogen and oxygen atoms in total. The van der Waals surface area contributed by atoms with Crippen molar-refractivity contribution in [2.45, 2.75) is 70.6 Å². The summed E-state index contributed by atoms with van der Waals surface area (Å²) < 4.78 is 21.9. The molecule has 0 radical (unpaired) electrons. The third-order valence-electron chi connectivity index (χ3n) is 8.19. The fraction of sp³-hybridized carbons (Fsp3) is 0.444. The predicted octanol–water partition coefficient (Wildman–Crippen LogP) is 3.40. The number of carbonyl (C=O) groups is 6. The van der Waals surface area contributed by atoms with Gasteiger partial charge in [-0.25, -0.2) is 14.4 Å². The van der Waals surface area contributed by atoms with Gasteiger partial charge < -0.3 is 39.4 Å². The number of esters is 2. The molecule has 14 heteroatoms. The molecule has 1 aliphatic heterocycles. The van der Waals surface area contributed by atoms with E-state index in [4.69, 9.17) is 24.1 Å². The second-order valence-corrected chi connectivity index (χ2v) is 12.4. The number of aryl methyl sites for hydroxylation is 1. The molecule has 2 aromatic carbocycles. The van der Waals surface area contributed by atoms with Gasteiger partial charge in [-0.1, -0.05) is 24.8 Å². The molecule has 0 aromatic heterocycles. The maximum absolute atomic E-state index is 13.9. The number of hydrogen-bond donors (Lipinski definition) is 3. The molecular weight excluding hydrogens is 652 g/mol. The average molecular weight is 697 g/mol. The van der Waals surface area contributed by atoms with Crippen molar-refractivity contribution >= 4 is 41.2 Å². The Kier molecular flexibility index (Phi) is 14.1. The number of anilines is 1. The zero-order chi connectivity index (χ0) is 37.0. The molecule has 270 valence electrons. The highest BCUT2D eigenvalue weighted by Crippen LogP contribution is 2.32. The number of amides is 2. The molecule has 3 atom stereocenters. The number of benzene rings is 2. The number of carboxylic acid groups (broad SMARTS) is 1. The van der Waals surface area contributed by atoms with Crippen molar-refractivity contribution < 1.29 is 57.9 Å². The summed E-state index contributed by atoms with van der Waals surface area (Å²) in [5.74, 6) is -4.40. The highest BCUT2D eigenvalue weighted by atomic mass is 16.5. The molecule has 2 amide bonds. The fourth-order valence-electron chi connectivity index (χ4n) is 5.35. The molecule has 1 heterocycles. The third kappa shape index (κ3) is 10.6. The van der Waals surface area contributed by atoms with Crippen LogP contribution in [0.1, 0.15) is 63.2 Å². The number of likely N-dealkylation sites (tertiary alicyclic amines) is 1. The average Bonchev–Trinajstić information content (AvgIpc) is 3.11. The van der Waals surface area contributed by atoms with Crippen molar-refractivity contribution in [3.05, 3.63) is 66.2 Å². The third-order valence-corrected chi connectivity index (χ3v) is 8.19. The predicted molar refractivity (Wildman–Crippen MR) is 179 cm³/mol. The first kappa shape index (κ1) is 39.2. The number of aliphatic hydroxyl groups excluding tert-OH is 1. The maximum atomic E-state index is 13.9. The molecule has 0 saturated carbocycles. The first-order chi connectivity index (χ1) is 23.7. The number of ketones is 1. The minimum absolute atomic E-state index is 0.146. The summed E-state index contributed by atoms with van der Waals surface area (Å²) in [4.78, 5) is 76.9. The van der Waals surface area contributed by atoms with Gasteiger partial charge in [-0.15, -0.1) is 0 Å². The zero-order valence-electron chi connectivity index (χ0n) is 28.6. The van der Waals surface area contributed by atoms with Crippen LogP contribution in [0.5, 0.6) is 11.5 Å². The van der Waals surface area contributed by atoms with Gasteiger partial charge >= 0.3 is 17.9 Å². The minimum atomic E-state index is -1.88. The number of nitrogens with zero attached hydrogens (tertiary/aromatic N) is 1. The number of methoxy groups -OCH3 is 2. The number of ether oxygens (including phenoxy) is 4. The van der Waals surface area contributed by atoms with E-state index in [0.717, 1.165) is 11.6 Å². The number of nitrogens with one attached hydrogen (secondary N) is 1. The molecule has 2 aromatic rings. The van der Waals surface area contributed by atoms with Gasteiger partial charge in [0.05, 0.1) is 26.1 Å². The molecule has 2 unspecified atom stereocenters. The Labute approximate surface area is 290 Å². The Bertz CT molecular complexity index is 1590. The standard InChI is InChI=1S/C36H44N2O12/c1-6-31(41)49-21-36(2,3)32(42)33(43)38-17-8-7-12-25(38)35(46)50-27(15-13-22-14-16-28(47-4)29(18-22)48-5)23-10-9-11-24(19-23)37-30(40)20-26(39)34(44)45/h6,9-11,14,16,18-19,25-27,39H,1,7-8,12-13,15,17,20-21H2,2-5H3,(H,37,40)(H,44,45)/t25-,26?,27?/m0/s1. The summed E-state index contributed by atoms with van der Waals surface area (Å²) in [7, 11) is 3.03.